The fraction of sp³-hybridized carbons (Fsp3) is 1.00. The van der Waals surface area contributed by atoms with Crippen molar-refractivity contribution >= 4 is 0 Å². The van der Waals surface area contributed by atoms with Gasteiger partial charge in [0.2, 0.25) is 0 Å². The molecule has 0 N–H and O–H groups in total. The molecule has 0 saturated heterocycles. The zero-order valence-corrected chi connectivity index (χ0v) is 21.0. The smallest absolute Gasteiger partial charge is 0.106 e. The molecule has 0 aromatic rings. The van der Waals surface area contributed by atoms with E-state index in [1.165, 1.54) is 83.5 Å². The summed E-state index contributed by atoms with van der Waals surface area (Å²) in [6.07, 6.45) is 19.0. The molecule has 3 atom stereocenters. The van der Waals surface area contributed by atoms with Crippen LogP contribution in [0.1, 0.15) is 130 Å². The normalized spacial score (nSPS) is 40.5. The van der Waals surface area contributed by atoms with Crippen LogP contribution in [0.4, 0.5) is 8.78 Å². The molecule has 3 aliphatic carbocycles. The Kier molecular flexibility index (Phi) is 10.6. The van der Waals surface area contributed by atoms with Gasteiger partial charge in [-0.1, -0.05) is 78.6 Å². The van der Waals surface area contributed by atoms with E-state index in [1.54, 1.807) is 0 Å². The summed E-state index contributed by atoms with van der Waals surface area (Å²) in [6, 6.07) is 0. The predicted octanol–water partition coefficient (Wildman–Crippen LogP) is 9.71. The van der Waals surface area contributed by atoms with E-state index in [-0.39, 0.29) is 11.8 Å². The molecule has 0 spiro atoms. The SMILES string of the molecule is CCCCCCC(C)C1C(F)CC(C2CCC(C3CCC(CCC)CC3)CC2)CC1F. The summed E-state index contributed by atoms with van der Waals surface area (Å²) in [4.78, 5) is 0. The highest BCUT2D eigenvalue weighted by Crippen LogP contribution is 2.48. The van der Waals surface area contributed by atoms with Crippen molar-refractivity contribution in [2.24, 2.45) is 41.4 Å². The van der Waals surface area contributed by atoms with Gasteiger partial charge in [-0.3, -0.25) is 0 Å². The molecule has 2 heteroatoms. The molecule has 3 rings (SSSR count). The number of halogens is 2. The first kappa shape index (κ1) is 25.5. The van der Waals surface area contributed by atoms with Gasteiger partial charge in [0, 0.05) is 5.92 Å². The Morgan fingerprint density at radius 3 is 1.68 bits per heavy atom. The van der Waals surface area contributed by atoms with Crippen LogP contribution >= 0.6 is 0 Å². The van der Waals surface area contributed by atoms with Crippen LogP contribution in [0.2, 0.25) is 0 Å². The van der Waals surface area contributed by atoms with E-state index in [9.17, 15) is 0 Å². The second kappa shape index (κ2) is 12.9. The molecule has 0 aromatic carbocycles. The van der Waals surface area contributed by atoms with Crippen LogP contribution in [-0.4, -0.2) is 12.3 Å². The van der Waals surface area contributed by atoms with Crippen molar-refractivity contribution in [3.05, 3.63) is 0 Å². The quantitative estimate of drug-likeness (QED) is 0.298. The van der Waals surface area contributed by atoms with E-state index < -0.39 is 12.3 Å². The van der Waals surface area contributed by atoms with Crippen molar-refractivity contribution in [2.45, 2.75) is 142 Å². The molecule has 3 saturated carbocycles. The summed E-state index contributed by atoms with van der Waals surface area (Å²) in [5, 5.41) is 0. The van der Waals surface area contributed by atoms with Crippen LogP contribution < -0.4 is 0 Å². The van der Waals surface area contributed by atoms with Crippen molar-refractivity contribution in [3.8, 4) is 0 Å². The first-order chi connectivity index (χ1) is 15.0. The molecule has 0 bridgehead atoms. The van der Waals surface area contributed by atoms with Crippen LogP contribution in [0.3, 0.4) is 0 Å². The molecule has 0 aromatic heterocycles. The summed E-state index contributed by atoms with van der Waals surface area (Å²) < 4.78 is 30.3. The Morgan fingerprint density at radius 1 is 0.645 bits per heavy atom. The molecule has 3 unspecified atom stereocenters. The first-order valence-electron chi connectivity index (χ1n) is 14.3. The van der Waals surface area contributed by atoms with E-state index in [2.05, 4.69) is 20.8 Å². The fourth-order valence-corrected chi connectivity index (χ4v) is 7.84. The Bertz CT molecular complexity index is 463. The molecule has 0 nitrogen and oxygen atoms in total. The fourth-order valence-electron chi connectivity index (χ4n) is 7.84. The third-order valence-corrected chi connectivity index (χ3v) is 9.80. The minimum Gasteiger partial charge on any atom is -0.247 e. The number of unbranched alkanes of at least 4 members (excludes halogenated alkanes) is 3. The number of hydrogen-bond donors (Lipinski definition) is 0. The van der Waals surface area contributed by atoms with Gasteiger partial charge in [-0.05, 0) is 86.9 Å². The monoisotopic (exact) mass is 438 g/mol. The lowest BCUT2D eigenvalue weighted by Gasteiger charge is -2.44. The molecule has 0 heterocycles. The van der Waals surface area contributed by atoms with Crippen molar-refractivity contribution < 1.29 is 8.78 Å². The lowest BCUT2D eigenvalue weighted by molar-refractivity contribution is -0.0135. The van der Waals surface area contributed by atoms with Gasteiger partial charge in [-0.2, -0.15) is 0 Å². The van der Waals surface area contributed by atoms with E-state index in [0.29, 0.717) is 24.7 Å². The average molecular weight is 439 g/mol. The molecule has 0 aliphatic heterocycles. The average Bonchev–Trinajstić information content (AvgIpc) is 2.77. The summed E-state index contributed by atoms with van der Waals surface area (Å²) in [6.45, 7) is 6.64. The van der Waals surface area contributed by atoms with Gasteiger partial charge in [0.1, 0.15) is 12.3 Å². The second-order valence-electron chi connectivity index (χ2n) is 11.9. The van der Waals surface area contributed by atoms with Crippen LogP contribution in [0.5, 0.6) is 0 Å². The maximum Gasteiger partial charge on any atom is 0.106 e. The number of rotatable bonds is 10. The van der Waals surface area contributed by atoms with Crippen molar-refractivity contribution in [3.63, 3.8) is 0 Å². The zero-order valence-electron chi connectivity index (χ0n) is 21.0. The topological polar surface area (TPSA) is 0 Å². The van der Waals surface area contributed by atoms with Gasteiger partial charge in [-0.25, -0.2) is 8.78 Å². The molecule has 31 heavy (non-hydrogen) atoms. The highest BCUT2D eigenvalue weighted by atomic mass is 19.1. The van der Waals surface area contributed by atoms with Gasteiger partial charge >= 0.3 is 0 Å². The van der Waals surface area contributed by atoms with Gasteiger partial charge in [0.15, 0.2) is 0 Å². The van der Waals surface area contributed by atoms with Gasteiger partial charge in [0.25, 0.3) is 0 Å². The van der Waals surface area contributed by atoms with Crippen molar-refractivity contribution in [1.82, 2.24) is 0 Å². The Morgan fingerprint density at radius 2 is 1.16 bits per heavy atom. The number of hydrogen-bond acceptors (Lipinski definition) is 0. The zero-order chi connectivity index (χ0) is 22.2. The van der Waals surface area contributed by atoms with Gasteiger partial charge in [0.05, 0.1) is 0 Å². The minimum atomic E-state index is -0.915. The van der Waals surface area contributed by atoms with Crippen LogP contribution in [-0.2, 0) is 0 Å². The van der Waals surface area contributed by atoms with Crippen LogP contribution in [0, 0.1) is 41.4 Å². The minimum absolute atomic E-state index is 0.196. The summed E-state index contributed by atoms with van der Waals surface area (Å²) in [7, 11) is 0. The lowest BCUT2D eigenvalue weighted by atomic mass is 9.63. The van der Waals surface area contributed by atoms with Crippen molar-refractivity contribution in [1.29, 1.82) is 0 Å². The van der Waals surface area contributed by atoms with E-state index in [4.69, 9.17) is 0 Å². The number of alkyl halides is 2. The van der Waals surface area contributed by atoms with E-state index in [0.717, 1.165) is 30.6 Å². The van der Waals surface area contributed by atoms with E-state index >= 15 is 8.78 Å². The van der Waals surface area contributed by atoms with Crippen molar-refractivity contribution in [2.75, 3.05) is 0 Å². The largest absolute Gasteiger partial charge is 0.247 e. The van der Waals surface area contributed by atoms with Gasteiger partial charge in [-0.15, -0.1) is 0 Å². The molecule has 3 aliphatic rings. The molecule has 182 valence electrons. The summed E-state index contributed by atoms with van der Waals surface area (Å²) in [5.74, 6) is 3.58. The third kappa shape index (κ3) is 7.17. The van der Waals surface area contributed by atoms with Crippen LogP contribution in [0.25, 0.3) is 0 Å². The van der Waals surface area contributed by atoms with E-state index in [1.807, 2.05) is 0 Å². The van der Waals surface area contributed by atoms with Gasteiger partial charge < -0.3 is 0 Å². The highest BCUT2D eigenvalue weighted by molar-refractivity contribution is 4.93. The molecule has 0 amide bonds. The Balaban J connectivity index is 1.40. The molecular weight excluding hydrogens is 386 g/mol. The molecule has 3 fully saturated rings. The first-order valence-corrected chi connectivity index (χ1v) is 14.3. The second-order valence-corrected chi connectivity index (χ2v) is 11.9. The summed E-state index contributed by atoms with van der Waals surface area (Å²) >= 11 is 0. The maximum absolute atomic E-state index is 15.2. The molecule has 0 radical (unpaired) electrons. The Labute approximate surface area is 192 Å². The maximum atomic E-state index is 15.2. The third-order valence-electron chi connectivity index (χ3n) is 9.80. The lowest BCUT2D eigenvalue weighted by Crippen LogP contribution is -2.42. The van der Waals surface area contributed by atoms with Crippen LogP contribution in [0.15, 0.2) is 0 Å². The predicted molar refractivity (Wildman–Crippen MR) is 130 cm³/mol. The summed E-state index contributed by atoms with van der Waals surface area (Å²) in [5.41, 5.74) is 0. The standard InChI is InChI=1S/C29H52F2/c1-4-6-7-8-10-21(3)29-27(30)19-26(20-28(29)31)25-17-15-24(16-18-25)23-13-11-22(9-5-2)12-14-23/h21-29H,4-20H2,1-3H3. The molecular formula is C29H52F2. The highest BCUT2D eigenvalue weighted by Gasteiger charge is 2.44. The Hall–Kier alpha value is -0.140.